The van der Waals surface area contributed by atoms with Crippen molar-refractivity contribution >= 4 is 69.5 Å². The maximum absolute atomic E-state index is 12.2. The predicted molar refractivity (Wildman–Crippen MR) is 158 cm³/mol. The van der Waals surface area contributed by atoms with Gasteiger partial charge < -0.3 is 19.5 Å². The molecule has 38 heavy (non-hydrogen) atoms. The number of carbonyl (C=O) groups excluding carboxylic acids is 2. The first-order chi connectivity index (χ1) is 18.3. The van der Waals surface area contributed by atoms with Crippen LogP contribution in [0.3, 0.4) is 0 Å². The van der Waals surface area contributed by atoms with E-state index in [2.05, 4.69) is 38.4 Å². The molecule has 0 aromatic heterocycles. The van der Waals surface area contributed by atoms with Gasteiger partial charge in [-0.3, -0.25) is 9.59 Å². The lowest BCUT2D eigenvalue weighted by molar-refractivity contribution is -0.124. The van der Waals surface area contributed by atoms with E-state index in [0.29, 0.717) is 45.2 Å². The quantitative estimate of drug-likeness (QED) is 0.131. The van der Waals surface area contributed by atoms with Gasteiger partial charge in [-0.15, -0.1) is 0 Å². The average molecular weight is 670 g/mol. The summed E-state index contributed by atoms with van der Waals surface area (Å²) in [4.78, 5) is 24.4. The van der Waals surface area contributed by atoms with Crippen LogP contribution in [0.5, 0.6) is 17.2 Å². The van der Waals surface area contributed by atoms with Crippen LogP contribution in [0.1, 0.15) is 30.9 Å². The molecular formula is C27H26Cl2IN3O5. The van der Waals surface area contributed by atoms with Crippen molar-refractivity contribution in [1.82, 2.24) is 5.43 Å². The van der Waals surface area contributed by atoms with Crippen LogP contribution in [-0.2, 0) is 16.2 Å². The lowest BCUT2D eigenvalue weighted by Gasteiger charge is -2.15. The van der Waals surface area contributed by atoms with Gasteiger partial charge >= 0.3 is 0 Å². The lowest BCUT2D eigenvalue weighted by Crippen LogP contribution is -2.20. The Morgan fingerprint density at radius 3 is 2.50 bits per heavy atom. The van der Waals surface area contributed by atoms with Crippen molar-refractivity contribution in [2.75, 3.05) is 19.0 Å². The number of nitrogens with zero attached hydrogens (tertiary/aromatic N) is 1. The number of amides is 2. The monoisotopic (exact) mass is 669 g/mol. The summed E-state index contributed by atoms with van der Waals surface area (Å²) in [5.74, 6) is 0.947. The highest BCUT2D eigenvalue weighted by atomic mass is 127. The zero-order valence-corrected chi connectivity index (χ0v) is 24.4. The van der Waals surface area contributed by atoms with Gasteiger partial charge in [0.2, 0.25) is 11.8 Å². The Morgan fingerprint density at radius 2 is 1.76 bits per heavy atom. The number of halogens is 3. The first-order valence-corrected chi connectivity index (χ1v) is 13.4. The molecule has 0 heterocycles. The molecule has 2 N–H and O–H groups in total. The number of hydrazone groups is 1. The third kappa shape index (κ3) is 8.78. The van der Waals surface area contributed by atoms with Crippen LogP contribution in [-0.4, -0.2) is 31.7 Å². The number of hydrogen-bond acceptors (Lipinski definition) is 6. The van der Waals surface area contributed by atoms with E-state index in [-0.39, 0.29) is 25.4 Å². The third-order valence-corrected chi connectivity index (χ3v) is 6.47. The number of rotatable bonds is 12. The maximum Gasteiger partial charge on any atom is 0.240 e. The number of ether oxygens (including phenoxy) is 3. The second-order valence-corrected chi connectivity index (χ2v) is 9.83. The molecule has 8 nitrogen and oxygen atoms in total. The molecule has 0 aliphatic heterocycles. The normalized spacial score (nSPS) is 10.8. The largest absolute Gasteiger partial charge is 0.495 e. The number of benzene rings is 3. The Bertz CT molecular complexity index is 1320. The fraction of sp³-hybridized carbons (Fsp3) is 0.222. The highest BCUT2D eigenvalue weighted by molar-refractivity contribution is 14.1. The summed E-state index contributed by atoms with van der Waals surface area (Å²) in [6.07, 6.45) is 1.47. The van der Waals surface area contributed by atoms with Gasteiger partial charge in [-0.05, 0) is 71.5 Å². The SMILES string of the molecule is CCOc1cc(C=NNC(=O)CCC(=O)Nc2ccccc2OC)cc(I)c1OCc1ccc(Cl)cc1Cl. The molecule has 11 heteroatoms. The molecule has 0 bridgehead atoms. The summed E-state index contributed by atoms with van der Waals surface area (Å²) in [5.41, 5.74) is 4.47. The Hall–Kier alpha value is -3.02. The van der Waals surface area contributed by atoms with E-state index in [1.807, 2.05) is 19.1 Å². The molecular weight excluding hydrogens is 644 g/mol. The Kier molecular flexibility index (Phi) is 11.5. The van der Waals surface area contributed by atoms with Crippen molar-refractivity contribution in [3.8, 4) is 17.2 Å². The minimum atomic E-state index is -0.393. The number of anilines is 1. The zero-order chi connectivity index (χ0) is 27.5. The van der Waals surface area contributed by atoms with Gasteiger partial charge in [-0.25, -0.2) is 5.43 Å². The van der Waals surface area contributed by atoms with E-state index in [4.69, 9.17) is 37.4 Å². The lowest BCUT2D eigenvalue weighted by atomic mass is 10.2. The summed E-state index contributed by atoms with van der Waals surface area (Å²) in [7, 11) is 1.52. The van der Waals surface area contributed by atoms with E-state index in [1.54, 1.807) is 42.5 Å². The minimum absolute atomic E-state index is 0.00450. The molecule has 0 radical (unpaired) electrons. The summed E-state index contributed by atoms with van der Waals surface area (Å²) in [6.45, 7) is 2.54. The van der Waals surface area contributed by atoms with Gasteiger partial charge in [0, 0.05) is 28.5 Å². The highest BCUT2D eigenvalue weighted by Crippen LogP contribution is 2.35. The zero-order valence-electron chi connectivity index (χ0n) is 20.7. The Morgan fingerprint density at radius 1 is 1.00 bits per heavy atom. The fourth-order valence-corrected chi connectivity index (χ4v) is 4.52. The number of methoxy groups -OCH3 is 1. The minimum Gasteiger partial charge on any atom is -0.495 e. The number of nitrogens with one attached hydrogen (secondary N) is 2. The number of carbonyl (C=O) groups is 2. The van der Waals surface area contributed by atoms with E-state index in [0.717, 1.165) is 9.13 Å². The molecule has 0 atom stereocenters. The van der Waals surface area contributed by atoms with E-state index in [9.17, 15) is 9.59 Å². The fourth-order valence-electron chi connectivity index (χ4n) is 3.28. The highest BCUT2D eigenvalue weighted by Gasteiger charge is 2.14. The Labute approximate surface area is 244 Å². The summed E-state index contributed by atoms with van der Waals surface area (Å²) < 4.78 is 17.8. The van der Waals surface area contributed by atoms with Gasteiger partial charge in [0.1, 0.15) is 12.4 Å². The van der Waals surface area contributed by atoms with Crippen LogP contribution in [0, 0.1) is 3.57 Å². The van der Waals surface area contributed by atoms with Crippen molar-refractivity contribution in [3.05, 3.63) is 79.3 Å². The van der Waals surface area contributed by atoms with E-state index >= 15 is 0 Å². The molecule has 0 saturated carbocycles. The van der Waals surface area contributed by atoms with Gasteiger partial charge in [0.25, 0.3) is 0 Å². The van der Waals surface area contributed by atoms with Gasteiger partial charge in [-0.1, -0.05) is 41.4 Å². The topological polar surface area (TPSA) is 98.2 Å². The van der Waals surface area contributed by atoms with Gasteiger partial charge in [0.05, 0.1) is 29.2 Å². The molecule has 0 saturated heterocycles. The van der Waals surface area contributed by atoms with E-state index < -0.39 is 5.91 Å². The standard InChI is InChI=1S/C27H26Cl2IN3O5/c1-3-37-24-13-17(12-21(30)27(24)38-16-18-8-9-19(28)14-20(18)29)15-31-33-26(35)11-10-25(34)32-22-6-4-5-7-23(22)36-2/h4-9,12-15H,3,10-11,16H2,1-2H3,(H,32,34)(H,33,35). The van der Waals surface area contributed by atoms with Crippen LogP contribution in [0.25, 0.3) is 0 Å². The van der Waals surface area contributed by atoms with Crippen LogP contribution in [0.15, 0.2) is 59.7 Å². The van der Waals surface area contributed by atoms with Crippen LogP contribution in [0.4, 0.5) is 5.69 Å². The summed E-state index contributed by atoms with van der Waals surface area (Å²) >= 11 is 14.4. The summed E-state index contributed by atoms with van der Waals surface area (Å²) in [5, 5.41) is 7.81. The molecule has 200 valence electrons. The molecule has 0 aliphatic rings. The van der Waals surface area contributed by atoms with Gasteiger partial charge in [0.15, 0.2) is 11.5 Å². The van der Waals surface area contributed by atoms with Crippen LogP contribution >= 0.6 is 45.8 Å². The second kappa shape index (κ2) is 14.8. The second-order valence-electron chi connectivity index (χ2n) is 7.83. The molecule has 3 aromatic rings. The predicted octanol–water partition coefficient (Wildman–Crippen LogP) is 6.45. The molecule has 0 fully saturated rings. The number of para-hydroxylation sites is 2. The third-order valence-electron chi connectivity index (χ3n) is 5.08. The van der Waals surface area contributed by atoms with Crippen LogP contribution < -0.4 is 25.0 Å². The first-order valence-electron chi connectivity index (χ1n) is 11.6. The van der Waals surface area contributed by atoms with Crippen molar-refractivity contribution in [1.29, 1.82) is 0 Å². The van der Waals surface area contributed by atoms with Crippen molar-refractivity contribution in [2.24, 2.45) is 5.10 Å². The molecule has 0 spiro atoms. The van der Waals surface area contributed by atoms with Crippen molar-refractivity contribution < 1.29 is 23.8 Å². The van der Waals surface area contributed by atoms with E-state index in [1.165, 1.54) is 13.3 Å². The molecule has 3 aromatic carbocycles. The van der Waals surface area contributed by atoms with Crippen molar-refractivity contribution in [2.45, 2.75) is 26.4 Å². The summed E-state index contributed by atoms with van der Waals surface area (Å²) in [6, 6.07) is 15.9. The first kappa shape index (κ1) is 29.5. The van der Waals surface area contributed by atoms with Crippen LogP contribution in [0.2, 0.25) is 10.0 Å². The number of hydrogen-bond donors (Lipinski definition) is 2. The van der Waals surface area contributed by atoms with Gasteiger partial charge in [-0.2, -0.15) is 5.10 Å². The molecule has 0 unspecified atom stereocenters. The Balaban J connectivity index is 1.56. The van der Waals surface area contributed by atoms with Crippen molar-refractivity contribution in [3.63, 3.8) is 0 Å². The average Bonchev–Trinajstić information content (AvgIpc) is 2.88. The molecule has 0 aliphatic carbocycles. The maximum atomic E-state index is 12.2. The smallest absolute Gasteiger partial charge is 0.240 e. The molecule has 3 rings (SSSR count). The molecule has 2 amide bonds.